The van der Waals surface area contributed by atoms with Gasteiger partial charge >= 0.3 is 0 Å². The predicted molar refractivity (Wildman–Crippen MR) is 55.2 cm³/mol. The fraction of sp³-hybridized carbons (Fsp3) is 0.500. The zero-order valence-corrected chi connectivity index (χ0v) is 8.15. The predicted octanol–water partition coefficient (Wildman–Crippen LogP) is 0.892. The van der Waals surface area contributed by atoms with Crippen molar-refractivity contribution in [2.75, 3.05) is 31.7 Å². The number of aliphatic hydroxyl groups excluding tert-OH is 1. The minimum Gasteiger partial charge on any atom is -0.394 e. The third-order valence-corrected chi connectivity index (χ3v) is 1.67. The van der Waals surface area contributed by atoms with Crippen LogP contribution in [0, 0.1) is 0 Å². The molecular formula is C10H16N2O2. The van der Waals surface area contributed by atoms with Gasteiger partial charge in [0.15, 0.2) is 0 Å². The summed E-state index contributed by atoms with van der Waals surface area (Å²) in [6.07, 6.45) is 2.67. The molecule has 0 aliphatic rings. The summed E-state index contributed by atoms with van der Waals surface area (Å²) in [7, 11) is 0. The number of hydrogen-bond donors (Lipinski definition) is 2. The third-order valence-electron chi connectivity index (χ3n) is 1.67. The largest absolute Gasteiger partial charge is 0.394 e. The molecule has 1 rings (SSSR count). The average molecular weight is 196 g/mol. The Hall–Kier alpha value is -1.13. The van der Waals surface area contributed by atoms with Gasteiger partial charge in [-0.05, 0) is 18.6 Å². The summed E-state index contributed by atoms with van der Waals surface area (Å²) in [5, 5.41) is 11.6. The number of nitrogens with zero attached hydrogens (tertiary/aromatic N) is 1. The number of nitrogens with one attached hydrogen (secondary N) is 1. The monoisotopic (exact) mass is 196 g/mol. The van der Waals surface area contributed by atoms with Gasteiger partial charge in [0.1, 0.15) is 5.82 Å². The van der Waals surface area contributed by atoms with E-state index in [1.54, 1.807) is 6.20 Å². The first kappa shape index (κ1) is 10.9. The van der Waals surface area contributed by atoms with Crippen molar-refractivity contribution in [2.24, 2.45) is 0 Å². The molecule has 14 heavy (non-hydrogen) atoms. The molecule has 0 saturated heterocycles. The van der Waals surface area contributed by atoms with Crippen molar-refractivity contribution in [3.05, 3.63) is 24.4 Å². The van der Waals surface area contributed by atoms with E-state index in [1.165, 1.54) is 0 Å². The highest BCUT2D eigenvalue weighted by molar-refractivity contribution is 5.32. The van der Waals surface area contributed by atoms with Crippen LogP contribution in [0.3, 0.4) is 0 Å². The maximum atomic E-state index is 8.45. The van der Waals surface area contributed by atoms with Crippen molar-refractivity contribution in [3.63, 3.8) is 0 Å². The average Bonchev–Trinajstić information content (AvgIpc) is 2.25. The van der Waals surface area contributed by atoms with Gasteiger partial charge in [0.25, 0.3) is 0 Å². The number of pyridine rings is 1. The van der Waals surface area contributed by atoms with E-state index in [0.717, 1.165) is 18.8 Å². The highest BCUT2D eigenvalue weighted by Crippen LogP contribution is 1.99. The Morgan fingerprint density at radius 1 is 1.36 bits per heavy atom. The summed E-state index contributed by atoms with van der Waals surface area (Å²) in [4.78, 5) is 4.12. The molecule has 0 radical (unpaired) electrons. The van der Waals surface area contributed by atoms with Gasteiger partial charge in [-0.25, -0.2) is 4.98 Å². The van der Waals surface area contributed by atoms with Crippen LogP contribution < -0.4 is 5.32 Å². The van der Waals surface area contributed by atoms with Crippen LogP contribution in [-0.4, -0.2) is 36.5 Å². The Balaban J connectivity index is 1.99. The third kappa shape index (κ3) is 4.79. The van der Waals surface area contributed by atoms with Crippen LogP contribution in [0.15, 0.2) is 24.4 Å². The topological polar surface area (TPSA) is 54.4 Å². The number of aliphatic hydroxyl groups is 1. The van der Waals surface area contributed by atoms with E-state index < -0.39 is 0 Å². The van der Waals surface area contributed by atoms with Crippen LogP contribution in [-0.2, 0) is 4.74 Å². The van der Waals surface area contributed by atoms with Gasteiger partial charge < -0.3 is 15.2 Å². The van der Waals surface area contributed by atoms with Gasteiger partial charge in [-0.15, -0.1) is 0 Å². The molecule has 0 aliphatic heterocycles. The van der Waals surface area contributed by atoms with E-state index in [0.29, 0.717) is 13.2 Å². The van der Waals surface area contributed by atoms with Crippen LogP contribution in [0.1, 0.15) is 6.42 Å². The number of aromatic nitrogens is 1. The molecule has 4 nitrogen and oxygen atoms in total. The summed E-state index contributed by atoms with van der Waals surface area (Å²) in [6, 6.07) is 5.75. The molecule has 2 N–H and O–H groups in total. The first-order chi connectivity index (χ1) is 6.93. The molecule has 78 valence electrons. The molecule has 0 aromatic carbocycles. The minimum absolute atomic E-state index is 0.0909. The molecule has 0 bridgehead atoms. The first-order valence-corrected chi connectivity index (χ1v) is 4.77. The molecule has 4 heteroatoms. The smallest absolute Gasteiger partial charge is 0.125 e. The van der Waals surface area contributed by atoms with Crippen molar-refractivity contribution >= 4 is 5.82 Å². The molecular weight excluding hydrogens is 180 g/mol. The fourth-order valence-corrected chi connectivity index (χ4v) is 1.02. The molecule has 0 atom stereocenters. The van der Waals surface area contributed by atoms with Gasteiger partial charge in [0.2, 0.25) is 0 Å². The Kier molecular flexibility index (Phi) is 5.70. The standard InChI is InChI=1S/C10H16N2O2/c13-7-9-14-8-3-6-12-10-4-1-2-5-11-10/h1-2,4-5,13H,3,6-9H2,(H,11,12). The Morgan fingerprint density at radius 3 is 3.00 bits per heavy atom. The second-order valence-corrected chi connectivity index (χ2v) is 2.83. The molecule has 0 unspecified atom stereocenters. The minimum atomic E-state index is 0.0909. The highest BCUT2D eigenvalue weighted by Gasteiger charge is 1.91. The molecule has 0 fully saturated rings. The Bertz CT molecular complexity index is 229. The number of hydrogen-bond acceptors (Lipinski definition) is 4. The van der Waals surface area contributed by atoms with Crippen LogP contribution in [0.4, 0.5) is 5.82 Å². The SMILES string of the molecule is OCCOCCCNc1ccccn1. The summed E-state index contributed by atoms with van der Waals surface area (Å²) < 4.78 is 5.11. The van der Waals surface area contributed by atoms with E-state index in [-0.39, 0.29) is 6.61 Å². The van der Waals surface area contributed by atoms with E-state index >= 15 is 0 Å². The van der Waals surface area contributed by atoms with Crippen LogP contribution >= 0.6 is 0 Å². The second-order valence-electron chi connectivity index (χ2n) is 2.83. The first-order valence-electron chi connectivity index (χ1n) is 4.77. The zero-order chi connectivity index (χ0) is 10.1. The fourth-order valence-electron chi connectivity index (χ4n) is 1.02. The van der Waals surface area contributed by atoms with Crippen LogP contribution in [0.25, 0.3) is 0 Å². The van der Waals surface area contributed by atoms with Crippen molar-refractivity contribution in [1.29, 1.82) is 0 Å². The molecule has 1 heterocycles. The molecule has 0 saturated carbocycles. The quantitative estimate of drug-likeness (QED) is 0.636. The van der Waals surface area contributed by atoms with Crippen LogP contribution in [0.2, 0.25) is 0 Å². The van der Waals surface area contributed by atoms with Crippen molar-refractivity contribution in [1.82, 2.24) is 4.98 Å². The maximum Gasteiger partial charge on any atom is 0.125 e. The lowest BCUT2D eigenvalue weighted by atomic mass is 10.4. The summed E-state index contributed by atoms with van der Waals surface area (Å²) in [6.45, 7) is 2.01. The Morgan fingerprint density at radius 2 is 2.29 bits per heavy atom. The summed E-state index contributed by atoms with van der Waals surface area (Å²) in [5.74, 6) is 0.884. The Labute approximate surface area is 83.9 Å². The van der Waals surface area contributed by atoms with Crippen molar-refractivity contribution in [3.8, 4) is 0 Å². The number of anilines is 1. The maximum absolute atomic E-state index is 8.45. The lowest BCUT2D eigenvalue weighted by molar-refractivity contribution is 0.0922. The molecule has 0 aliphatic carbocycles. The van der Waals surface area contributed by atoms with Gasteiger partial charge in [0, 0.05) is 19.3 Å². The molecule has 1 aromatic rings. The molecule has 1 aromatic heterocycles. The zero-order valence-electron chi connectivity index (χ0n) is 8.15. The van der Waals surface area contributed by atoms with E-state index in [9.17, 15) is 0 Å². The van der Waals surface area contributed by atoms with Crippen LogP contribution in [0.5, 0.6) is 0 Å². The van der Waals surface area contributed by atoms with Gasteiger partial charge in [0.05, 0.1) is 13.2 Å². The summed E-state index contributed by atoms with van der Waals surface area (Å²) in [5.41, 5.74) is 0. The van der Waals surface area contributed by atoms with E-state index in [2.05, 4.69) is 10.3 Å². The normalized spacial score (nSPS) is 10.1. The lowest BCUT2D eigenvalue weighted by Crippen LogP contribution is -2.08. The molecule has 0 amide bonds. The van der Waals surface area contributed by atoms with Gasteiger partial charge in [-0.3, -0.25) is 0 Å². The summed E-state index contributed by atoms with van der Waals surface area (Å²) >= 11 is 0. The van der Waals surface area contributed by atoms with Crippen molar-refractivity contribution in [2.45, 2.75) is 6.42 Å². The number of ether oxygens (including phenoxy) is 1. The van der Waals surface area contributed by atoms with Gasteiger partial charge in [-0.1, -0.05) is 6.07 Å². The van der Waals surface area contributed by atoms with Gasteiger partial charge in [-0.2, -0.15) is 0 Å². The van der Waals surface area contributed by atoms with Crippen molar-refractivity contribution < 1.29 is 9.84 Å². The lowest BCUT2D eigenvalue weighted by Gasteiger charge is -2.04. The number of rotatable bonds is 7. The van der Waals surface area contributed by atoms with E-state index in [1.807, 2.05) is 18.2 Å². The van der Waals surface area contributed by atoms with E-state index in [4.69, 9.17) is 9.84 Å². The molecule has 0 spiro atoms. The highest BCUT2D eigenvalue weighted by atomic mass is 16.5. The second kappa shape index (κ2) is 7.29.